The number of carboxylic acid groups (broad SMARTS) is 1. The molecule has 0 amide bonds. The maximum Gasteiger partial charge on any atom is 0.342 e. The fraction of sp³-hybridized carbons (Fsp3) is 0. The number of carboxylic acids is 1. The number of nitro benzene ring substituents is 1. The van der Waals surface area contributed by atoms with Gasteiger partial charge in [0.25, 0.3) is 5.69 Å². The number of hydrogen-bond donors (Lipinski definition) is 1. The third-order valence-corrected chi connectivity index (χ3v) is 1.40. The first-order valence-corrected chi connectivity index (χ1v) is 3.21. The van der Waals surface area contributed by atoms with Crippen molar-refractivity contribution in [2.45, 2.75) is 0 Å². The molecule has 0 fully saturated rings. The van der Waals surface area contributed by atoms with Gasteiger partial charge < -0.3 is 10.2 Å². The molecule has 0 aliphatic rings. The SMILES string of the molecule is O=C(O)c1ccc([O-])cc1[N+](=O)[O-]. The Morgan fingerprint density at radius 2 is 2.08 bits per heavy atom. The van der Waals surface area contributed by atoms with E-state index >= 15 is 0 Å². The molecule has 0 atom stereocenters. The summed E-state index contributed by atoms with van der Waals surface area (Å²) in [7, 11) is 0. The normalized spacial score (nSPS) is 9.54. The molecule has 1 N–H and O–H groups in total. The van der Waals surface area contributed by atoms with Crippen LogP contribution in [0.15, 0.2) is 18.2 Å². The molecule has 0 aliphatic carbocycles. The Bertz CT molecular complexity index is 373. The lowest BCUT2D eigenvalue weighted by Crippen LogP contribution is -2.03. The number of rotatable bonds is 2. The summed E-state index contributed by atoms with van der Waals surface area (Å²) in [6.45, 7) is 0. The number of aromatic carboxylic acids is 1. The minimum absolute atomic E-state index is 0.482. The summed E-state index contributed by atoms with van der Waals surface area (Å²) in [6, 6.07) is 2.57. The molecule has 0 heterocycles. The lowest BCUT2D eigenvalue weighted by Gasteiger charge is -2.04. The third kappa shape index (κ3) is 1.73. The Hall–Kier alpha value is -2.11. The Morgan fingerprint density at radius 3 is 2.54 bits per heavy atom. The van der Waals surface area contributed by atoms with Crippen molar-refractivity contribution in [2.75, 3.05) is 0 Å². The van der Waals surface area contributed by atoms with Gasteiger partial charge in [0.1, 0.15) is 5.56 Å². The number of hydrogen-bond acceptors (Lipinski definition) is 4. The summed E-state index contributed by atoms with van der Waals surface area (Å²) in [5.41, 5.74) is -1.16. The average molecular weight is 182 g/mol. The largest absolute Gasteiger partial charge is 0.872 e. The van der Waals surface area contributed by atoms with E-state index in [9.17, 15) is 20.0 Å². The quantitative estimate of drug-likeness (QED) is 0.525. The molecular formula is C7H4NO5-. The van der Waals surface area contributed by atoms with E-state index in [0.29, 0.717) is 6.07 Å². The van der Waals surface area contributed by atoms with Crippen molar-refractivity contribution in [1.29, 1.82) is 0 Å². The minimum Gasteiger partial charge on any atom is -0.872 e. The molecule has 0 saturated carbocycles. The van der Waals surface area contributed by atoms with Crippen LogP contribution in [-0.2, 0) is 0 Å². The first-order chi connectivity index (χ1) is 6.02. The van der Waals surface area contributed by atoms with Gasteiger partial charge in [-0.05, 0) is 6.07 Å². The van der Waals surface area contributed by atoms with Gasteiger partial charge in [0.05, 0.1) is 4.92 Å². The predicted molar refractivity (Wildman–Crippen MR) is 39.5 cm³/mol. The maximum atomic E-state index is 10.7. The highest BCUT2D eigenvalue weighted by Gasteiger charge is 2.17. The Labute approximate surface area is 72.2 Å². The highest BCUT2D eigenvalue weighted by atomic mass is 16.6. The van der Waals surface area contributed by atoms with Crippen molar-refractivity contribution in [3.8, 4) is 5.75 Å². The van der Waals surface area contributed by atoms with Crippen LogP contribution in [0.4, 0.5) is 5.69 Å². The standard InChI is InChI=1S/C7H5NO5/c9-4-1-2-5(7(10)11)6(3-4)8(12)13/h1-3,9H,(H,10,11)/p-1. The van der Waals surface area contributed by atoms with Crippen molar-refractivity contribution < 1.29 is 19.9 Å². The number of carbonyl (C=O) groups is 1. The average Bonchev–Trinajstić information content (AvgIpc) is 2.03. The summed E-state index contributed by atoms with van der Waals surface area (Å²) in [5.74, 6) is -2.01. The van der Waals surface area contributed by atoms with Gasteiger partial charge in [-0.15, -0.1) is 5.75 Å². The molecule has 0 aliphatic heterocycles. The Balaban J connectivity index is 3.35. The second-order valence-electron chi connectivity index (χ2n) is 2.24. The van der Waals surface area contributed by atoms with Crippen LogP contribution < -0.4 is 5.11 Å². The fourth-order valence-corrected chi connectivity index (χ4v) is 0.843. The molecule has 0 saturated heterocycles. The zero-order valence-corrected chi connectivity index (χ0v) is 6.26. The van der Waals surface area contributed by atoms with Gasteiger partial charge in [-0.3, -0.25) is 10.1 Å². The molecule has 0 bridgehead atoms. The lowest BCUT2D eigenvalue weighted by atomic mass is 10.2. The molecule has 1 aromatic rings. The van der Waals surface area contributed by atoms with Gasteiger partial charge in [-0.2, -0.15) is 0 Å². The van der Waals surface area contributed by atoms with Gasteiger partial charge in [-0.1, -0.05) is 6.07 Å². The van der Waals surface area contributed by atoms with E-state index in [-0.39, 0.29) is 0 Å². The van der Waals surface area contributed by atoms with Gasteiger partial charge in [0, 0.05) is 6.07 Å². The molecule has 0 spiro atoms. The number of nitrogens with zero attached hydrogens (tertiary/aromatic N) is 1. The van der Waals surface area contributed by atoms with Gasteiger partial charge >= 0.3 is 5.97 Å². The highest BCUT2D eigenvalue weighted by Crippen LogP contribution is 2.21. The minimum atomic E-state index is -1.42. The molecule has 1 aromatic carbocycles. The Morgan fingerprint density at radius 1 is 1.46 bits per heavy atom. The van der Waals surface area contributed by atoms with Crippen LogP contribution >= 0.6 is 0 Å². The molecule has 68 valence electrons. The summed E-state index contributed by atoms with van der Waals surface area (Å²) in [6.07, 6.45) is 0. The van der Waals surface area contributed by atoms with Crippen LogP contribution in [0, 0.1) is 10.1 Å². The van der Waals surface area contributed by atoms with Gasteiger partial charge in [0.15, 0.2) is 0 Å². The summed E-state index contributed by atoms with van der Waals surface area (Å²) in [4.78, 5) is 19.8. The van der Waals surface area contributed by atoms with Crippen LogP contribution in [-0.4, -0.2) is 16.0 Å². The molecule has 6 heteroatoms. The van der Waals surface area contributed by atoms with Crippen LogP contribution in [0.1, 0.15) is 10.4 Å². The first kappa shape index (κ1) is 8.98. The van der Waals surface area contributed by atoms with E-state index in [4.69, 9.17) is 5.11 Å². The topological polar surface area (TPSA) is 104 Å². The van der Waals surface area contributed by atoms with Crippen LogP contribution in [0.25, 0.3) is 0 Å². The first-order valence-electron chi connectivity index (χ1n) is 3.21. The van der Waals surface area contributed by atoms with Crippen molar-refractivity contribution in [3.05, 3.63) is 33.9 Å². The molecular weight excluding hydrogens is 178 g/mol. The van der Waals surface area contributed by atoms with E-state index in [0.717, 1.165) is 12.1 Å². The zero-order valence-electron chi connectivity index (χ0n) is 6.26. The third-order valence-electron chi connectivity index (χ3n) is 1.40. The van der Waals surface area contributed by atoms with Crippen LogP contribution in [0.3, 0.4) is 0 Å². The predicted octanol–water partition coefficient (Wildman–Crippen LogP) is 0.367. The zero-order chi connectivity index (χ0) is 10.0. The summed E-state index contributed by atoms with van der Waals surface area (Å²) < 4.78 is 0. The van der Waals surface area contributed by atoms with Crippen molar-refractivity contribution >= 4 is 11.7 Å². The second kappa shape index (κ2) is 3.10. The van der Waals surface area contributed by atoms with Gasteiger partial charge in [-0.25, -0.2) is 4.79 Å². The number of nitro groups is 1. The number of benzene rings is 1. The van der Waals surface area contributed by atoms with Gasteiger partial charge in [0.2, 0.25) is 0 Å². The highest BCUT2D eigenvalue weighted by molar-refractivity contribution is 5.92. The molecule has 0 radical (unpaired) electrons. The van der Waals surface area contributed by atoms with E-state index in [1.165, 1.54) is 0 Å². The molecule has 0 unspecified atom stereocenters. The van der Waals surface area contributed by atoms with Crippen molar-refractivity contribution in [1.82, 2.24) is 0 Å². The second-order valence-corrected chi connectivity index (χ2v) is 2.24. The maximum absolute atomic E-state index is 10.7. The van der Waals surface area contributed by atoms with Crippen molar-refractivity contribution in [2.24, 2.45) is 0 Å². The van der Waals surface area contributed by atoms with Crippen molar-refractivity contribution in [3.63, 3.8) is 0 Å². The van der Waals surface area contributed by atoms with E-state index in [1.54, 1.807) is 0 Å². The molecule has 0 aromatic heterocycles. The smallest absolute Gasteiger partial charge is 0.342 e. The molecule has 6 nitrogen and oxygen atoms in total. The van der Waals surface area contributed by atoms with Crippen LogP contribution in [0.2, 0.25) is 0 Å². The fourth-order valence-electron chi connectivity index (χ4n) is 0.843. The Kier molecular flexibility index (Phi) is 2.14. The monoisotopic (exact) mass is 182 g/mol. The molecule has 13 heavy (non-hydrogen) atoms. The summed E-state index contributed by atoms with van der Waals surface area (Å²) in [5, 5.41) is 29.5. The molecule has 1 rings (SSSR count). The van der Waals surface area contributed by atoms with Crippen LogP contribution in [0.5, 0.6) is 5.75 Å². The lowest BCUT2D eigenvalue weighted by molar-refractivity contribution is -0.386. The summed E-state index contributed by atoms with van der Waals surface area (Å²) >= 11 is 0. The van der Waals surface area contributed by atoms with E-state index < -0.39 is 27.9 Å². The van der Waals surface area contributed by atoms with E-state index in [1.807, 2.05) is 0 Å². The van der Waals surface area contributed by atoms with E-state index in [2.05, 4.69) is 0 Å².